The van der Waals surface area contributed by atoms with Gasteiger partial charge in [-0.3, -0.25) is 14.5 Å². The molecule has 3 N–H and O–H groups in total. The lowest BCUT2D eigenvalue weighted by molar-refractivity contribution is -0.670. The summed E-state index contributed by atoms with van der Waals surface area (Å²) >= 11 is 4.29. The fraction of sp³-hybridized carbons (Fsp3) is 0.190. The number of benzene rings is 3. The normalized spacial score (nSPS) is 16.8. The van der Waals surface area contributed by atoms with E-state index in [9.17, 15) is 19.5 Å². The second-order valence-electron chi connectivity index (χ2n) is 13.4. The van der Waals surface area contributed by atoms with E-state index in [0.717, 1.165) is 32.1 Å². The number of thiazole rings is 2. The molecule has 1 saturated heterocycles. The Morgan fingerprint density at radius 2 is 1.64 bits per heavy atom. The van der Waals surface area contributed by atoms with Crippen LogP contribution in [-0.2, 0) is 31.8 Å². The number of aliphatic carboxylic acids is 1. The van der Waals surface area contributed by atoms with Crippen LogP contribution in [0, 0.1) is 6.92 Å². The highest BCUT2D eigenvalue weighted by atomic mass is 127. The molecule has 0 aliphatic carbocycles. The molecule has 2 atom stereocenters. The minimum absolute atomic E-state index is 0. The molecule has 0 unspecified atom stereocenters. The van der Waals surface area contributed by atoms with E-state index in [2.05, 4.69) is 56.6 Å². The Balaban J connectivity index is 0.00000512. The Hall–Kier alpha value is -5.30. The summed E-state index contributed by atoms with van der Waals surface area (Å²) in [6.45, 7) is 3.95. The number of carbonyl (C=O) groups is 3. The van der Waals surface area contributed by atoms with Crippen molar-refractivity contribution >= 4 is 74.0 Å². The van der Waals surface area contributed by atoms with E-state index in [4.69, 9.17) is 9.82 Å². The number of oxime groups is 1. The van der Waals surface area contributed by atoms with Gasteiger partial charge >= 0.3 is 5.97 Å². The van der Waals surface area contributed by atoms with Gasteiger partial charge in [0.15, 0.2) is 10.8 Å². The lowest BCUT2D eigenvalue weighted by Crippen LogP contribution is -3.00. The highest BCUT2D eigenvalue weighted by Gasteiger charge is 2.54. The van der Waals surface area contributed by atoms with Crippen LogP contribution in [0.2, 0.25) is 0 Å². The van der Waals surface area contributed by atoms with Crippen LogP contribution in [0.3, 0.4) is 0 Å². The zero-order valence-corrected chi connectivity index (χ0v) is 36.1. The maximum Gasteiger partial charge on any atom is 0.352 e. The fourth-order valence-electron chi connectivity index (χ4n) is 7.17. The van der Waals surface area contributed by atoms with Gasteiger partial charge in [-0.15, -0.1) is 23.1 Å². The first-order chi connectivity index (χ1) is 27.7. The van der Waals surface area contributed by atoms with Gasteiger partial charge in [-0.1, -0.05) is 114 Å². The van der Waals surface area contributed by atoms with E-state index in [1.807, 2.05) is 91.7 Å². The largest absolute Gasteiger partial charge is 1.00 e. The lowest BCUT2D eigenvalue weighted by Gasteiger charge is -2.49. The SMILES string of the molecule is CCO/N=C(\C(=O)N[C@@H]1C(=O)N2C(C(=O)O)=C(C=Cc3sc4c[n+](C)cn4c3C)CS[C@H]12)c1csc(NC(c2ccccc2)(c2ccccc2)c2ccccc2)n1.[I-]. The van der Waals surface area contributed by atoms with Gasteiger partial charge in [0.05, 0.1) is 11.9 Å². The van der Waals surface area contributed by atoms with Crippen molar-refractivity contribution in [3.63, 3.8) is 0 Å². The number of hydrogen-bond donors (Lipinski definition) is 3. The molecule has 296 valence electrons. The summed E-state index contributed by atoms with van der Waals surface area (Å²) in [5.74, 6) is -2.05. The molecule has 6 aromatic rings. The van der Waals surface area contributed by atoms with Gasteiger partial charge in [0.1, 0.15) is 46.8 Å². The van der Waals surface area contributed by atoms with Crippen LogP contribution in [-0.4, -0.2) is 66.7 Å². The number of anilines is 1. The maximum atomic E-state index is 14.0. The molecule has 2 aliphatic rings. The molecule has 2 amide bonds. The van der Waals surface area contributed by atoms with Crippen molar-refractivity contribution in [1.82, 2.24) is 19.6 Å². The zero-order chi connectivity index (χ0) is 39.7. The smallest absolute Gasteiger partial charge is 0.352 e. The third-order valence-electron chi connectivity index (χ3n) is 9.87. The van der Waals surface area contributed by atoms with Crippen molar-refractivity contribution < 1.29 is 52.9 Å². The molecule has 5 heterocycles. The third kappa shape index (κ3) is 7.56. The number of amides is 2. The topological polar surface area (TPSA) is 142 Å². The number of nitrogens with one attached hydrogen (secondary N) is 2. The quantitative estimate of drug-likeness (QED) is 0.0401. The van der Waals surface area contributed by atoms with E-state index >= 15 is 0 Å². The zero-order valence-electron chi connectivity index (χ0n) is 31.5. The Morgan fingerprint density at radius 3 is 2.21 bits per heavy atom. The highest BCUT2D eigenvalue weighted by molar-refractivity contribution is 8.00. The second-order valence-corrected chi connectivity index (χ2v) is 16.4. The number of allylic oxidation sites excluding steroid dienone is 1. The number of carbonyl (C=O) groups excluding carboxylic acids is 2. The van der Waals surface area contributed by atoms with Crippen LogP contribution in [0.5, 0.6) is 0 Å². The minimum atomic E-state index is -1.21. The fourth-order valence-corrected chi connectivity index (χ4v) is 10.3. The summed E-state index contributed by atoms with van der Waals surface area (Å²) in [6, 6.07) is 29.3. The number of imidazole rings is 1. The van der Waals surface area contributed by atoms with Crippen molar-refractivity contribution in [3.8, 4) is 0 Å². The first-order valence-corrected chi connectivity index (χ1v) is 20.9. The second kappa shape index (κ2) is 17.3. The van der Waals surface area contributed by atoms with Gasteiger partial charge in [-0.05, 0) is 42.2 Å². The predicted molar refractivity (Wildman–Crippen MR) is 223 cm³/mol. The molecular formula is C42H38IN7O5S3. The van der Waals surface area contributed by atoms with Crippen LogP contribution in [0.1, 0.15) is 39.9 Å². The van der Waals surface area contributed by atoms with Crippen molar-refractivity contribution in [3.05, 3.63) is 159 Å². The van der Waals surface area contributed by atoms with Gasteiger partial charge in [-0.2, -0.15) is 4.40 Å². The van der Waals surface area contributed by atoms with Crippen molar-refractivity contribution in [2.24, 2.45) is 12.2 Å². The first-order valence-electron chi connectivity index (χ1n) is 18.2. The standard InChI is InChI=1S/C42H37N7O5S3.HI/c1-4-54-46-34(31-24-56-41(43-31)45-42(28-14-8-5-9-15-28,29-16-10-6-11-17-29)30-18-12-7-13-19-30)37(50)44-35-38(51)49-36(40(52)53)27(23-55-39(35)49)20-21-32-26(2)48-25-47(3)22-33(48)57-32;/h5-22,24-25,35,39H,4,23H2,1-3H3,(H2-,43,44,45,50,52,53);1H/b21-20?,46-34-;/t35-,39-;/m1./s1. The Bertz CT molecular complexity index is 2470. The summed E-state index contributed by atoms with van der Waals surface area (Å²) in [5.41, 5.74) is 3.72. The Morgan fingerprint density at radius 1 is 1.02 bits per heavy atom. The average Bonchev–Trinajstić information content (AvgIpc) is 3.93. The molecule has 8 rings (SSSR count). The molecule has 3 aromatic heterocycles. The molecule has 1 fully saturated rings. The number of halogens is 1. The number of carboxylic acid groups (broad SMARTS) is 1. The summed E-state index contributed by atoms with van der Waals surface area (Å²) in [6.07, 6.45) is 7.67. The number of fused-ring (bicyclic) bond motifs is 2. The molecule has 0 bridgehead atoms. The summed E-state index contributed by atoms with van der Waals surface area (Å²) in [7, 11) is 1.96. The number of nitrogens with zero attached hydrogens (tertiary/aromatic N) is 5. The van der Waals surface area contributed by atoms with Crippen LogP contribution in [0.15, 0.2) is 131 Å². The number of rotatable bonds is 13. The first kappa shape index (κ1) is 40.9. The van der Waals surface area contributed by atoms with Crippen molar-refractivity contribution in [2.75, 3.05) is 17.7 Å². The average molecular weight is 944 g/mol. The molecule has 0 radical (unpaired) electrons. The van der Waals surface area contributed by atoms with Crippen LogP contribution in [0.4, 0.5) is 5.13 Å². The van der Waals surface area contributed by atoms with Crippen molar-refractivity contribution in [2.45, 2.75) is 30.8 Å². The number of thioether (sulfide) groups is 1. The highest BCUT2D eigenvalue weighted by Crippen LogP contribution is 2.42. The van der Waals surface area contributed by atoms with Gasteiger partial charge in [-0.25, -0.2) is 14.3 Å². The van der Waals surface area contributed by atoms with Crippen molar-refractivity contribution in [1.29, 1.82) is 0 Å². The van der Waals surface area contributed by atoms with E-state index in [1.165, 1.54) is 28.0 Å². The number of aryl methyl sites for hydroxylation is 2. The van der Waals surface area contributed by atoms with E-state index in [-0.39, 0.29) is 47.7 Å². The minimum Gasteiger partial charge on any atom is -1.00 e. The molecule has 2 aliphatic heterocycles. The Kier molecular flexibility index (Phi) is 12.2. The van der Waals surface area contributed by atoms with Gasteiger partial charge in [0.2, 0.25) is 11.2 Å². The van der Waals surface area contributed by atoms with E-state index in [0.29, 0.717) is 16.5 Å². The van der Waals surface area contributed by atoms with Crippen LogP contribution < -0.4 is 39.2 Å². The molecular weight excluding hydrogens is 906 g/mol. The van der Waals surface area contributed by atoms with E-state index < -0.39 is 34.7 Å². The van der Waals surface area contributed by atoms with Gasteiger partial charge in [0, 0.05) is 11.1 Å². The van der Waals surface area contributed by atoms with Gasteiger partial charge < -0.3 is 44.6 Å². The summed E-state index contributed by atoms with van der Waals surface area (Å²) < 4.78 is 4.06. The molecule has 0 saturated carbocycles. The van der Waals surface area contributed by atoms with Crippen LogP contribution >= 0.6 is 34.4 Å². The molecule has 0 spiro atoms. The number of carboxylic acids is 1. The molecule has 16 heteroatoms. The monoisotopic (exact) mass is 943 g/mol. The van der Waals surface area contributed by atoms with E-state index in [1.54, 1.807) is 29.7 Å². The van der Waals surface area contributed by atoms with Crippen LogP contribution in [0.25, 0.3) is 10.9 Å². The number of aromatic nitrogens is 3. The summed E-state index contributed by atoms with van der Waals surface area (Å²) in [4.78, 5) is 53.8. The lowest BCUT2D eigenvalue weighted by atomic mass is 9.77. The molecule has 58 heavy (non-hydrogen) atoms. The molecule has 3 aromatic carbocycles. The predicted octanol–water partition coefficient (Wildman–Crippen LogP) is 3.19. The molecule has 12 nitrogen and oxygen atoms in total. The van der Waals surface area contributed by atoms with Gasteiger partial charge in [0.25, 0.3) is 11.8 Å². The number of β-lactam (4-membered cyclic amide) rings is 1. The third-order valence-corrected chi connectivity index (χ3v) is 13.1. The number of hydrogen-bond acceptors (Lipinski definition) is 10. The Labute approximate surface area is 364 Å². The summed E-state index contributed by atoms with van der Waals surface area (Å²) in [5, 5.41) is 22.6. The maximum absolute atomic E-state index is 14.0.